The molecule has 1 rings (SSSR count). The van der Waals surface area contributed by atoms with Gasteiger partial charge >= 0.3 is 0 Å². The van der Waals surface area contributed by atoms with Crippen molar-refractivity contribution in [3.63, 3.8) is 0 Å². The number of halogens is 1. The zero-order valence-electron chi connectivity index (χ0n) is 12.5. The van der Waals surface area contributed by atoms with E-state index in [0.29, 0.717) is 23.8 Å². The van der Waals surface area contributed by atoms with Crippen LogP contribution in [-0.2, 0) is 0 Å². The van der Waals surface area contributed by atoms with Gasteiger partial charge in [-0.3, -0.25) is 0 Å². The third-order valence-electron chi connectivity index (χ3n) is 3.32. The minimum atomic E-state index is -0.787. The van der Waals surface area contributed by atoms with Crippen molar-refractivity contribution in [2.75, 3.05) is 14.2 Å². The molecule has 0 spiro atoms. The highest BCUT2D eigenvalue weighted by molar-refractivity contribution is 5.44. The first-order valence-electron chi connectivity index (χ1n) is 6.75. The van der Waals surface area contributed by atoms with Gasteiger partial charge in [0.05, 0.1) is 26.4 Å². The lowest BCUT2D eigenvalue weighted by Gasteiger charge is -2.21. The first-order valence-corrected chi connectivity index (χ1v) is 6.75. The van der Waals surface area contributed by atoms with Gasteiger partial charge in [0.1, 0.15) is 5.82 Å². The van der Waals surface area contributed by atoms with Gasteiger partial charge < -0.3 is 20.3 Å². The van der Waals surface area contributed by atoms with Gasteiger partial charge in [-0.15, -0.1) is 0 Å². The monoisotopic (exact) mass is 285 g/mol. The molecule has 0 bridgehead atoms. The second-order valence-electron chi connectivity index (χ2n) is 5.29. The molecule has 20 heavy (non-hydrogen) atoms. The molecule has 0 aliphatic rings. The Morgan fingerprint density at radius 3 is 2.20 bits per heavy atom. The van der Waals surface area contributed by atoms with Crippen molar-refractivity contribution in [3.8, 4) is 11.5 Å². The van der Waals surface area contributed by atoms with E-state index in [9.17, 15) is 9.50 Å². The van der Waals surface area contributed by atoms with Gasteiger partial charge in [-0.1, -0.05) is 13.8 Å². The van der Waals surface area contributed by atoms with Crippen molar-refractivity contribution >= 4 is 0 Å². The summed E-state index contributed by atoms with van der Waals surface area (Å²) < 4.78 is 24.2. The van der Waals surface area contributed by atoms with Gasteiger partial charge in [0.25, 0.3) is 0 Å². The van der Waals surface area contributed by atoms with E-state index < -0.39 is 18.0 Å². The van der Waals surface area contributed by atoms with Crippen molar-refractivity contribution in [1.82, 2.24) is 0 Å². The summed E-state index contributed by atoms with van der Waals surface area (Å²) in [6.45, 7) is 4.13. The molecule has 4 nitrogen and oxygen atoms in total. The SMILES string of the molecule is COc1cc(F)c([C@H](N)[C@H](O)CCC(C)C)cc1OC. The Kier molecular flexibility index (Phi) is 6.23. The molecule has 2 atom stereocenters. The van der Waals surface area contributed by atoms with Crippen LogP contribution in [0, 0.1) is 11.7 Å². The largest absolute Gasteiger partial charge is 0.493 e. The molecule has 0 radical (unpaired) electrons. The fraction of sp³-hybridized carbons (Fsp3) is 0.600. The molecule has 1 aromatic carbocycles. The van der Waals surface area contributed by atoms with E-state index in [-0.39, 0.29) is 5.56 Å². The Morgan fingerprint density at radius 2 is 1.70 bits per heavy atom. The molecule has 0 unspecified atom stereocenters. The summed E-state index contributed by atoms with van der Waals surface area (Å²) in [5.41, 5.74) is 6.19. The maximum atomic E-state index is 14.0. The lowest BCUT2D eigenvalue weighted by molar-refractivity contribution is 0.126. The minimum absolute atomic E-state index is 0.235. The summed E-state index contributed by atoms with van der Waals surface area (Å²) in [5.74, 6) is 0.666. The van der Waals surface area contributed by atoms with Crippen LogP contribution in [0.4, 0.5) is 4.39 Å². The van der Waals surface area contributed by atoms with Gasteiger partial charge in [-0.25, -0.2) is 4.39 Å². The molecular weight excluding hydrogens is 261 g/mol. The van der Waals surface area contributed by atoms with E-state index in [1.807, 2.05) is 0 Å². The van der Waals surface area contributed by atoms with E-state index in [0.717, 1.165) is 6.42 Å². The minimum Gasteiger partial charge on any atom is -0.493 e. The van der Waals surface area contributed by atoms with Crippen LogP contribution in [0.15, 0.2) is 12.1 Å². The van der Waals surface area contributed by atoms with E-state index in [1.54, 1.807) is 0 Å². The van der Waals surface area contributed by atoms with Crippen molar-refractivity contribution < 1.29 is 19.0 Å². The van der Waals surface area contributed by atoms with Gasteiger partial charge in [0.15, 0.2) is 11.5 Å². The molecule has 0 aromatic heterocycles. The van der Waals surface area contributed by atoms with Crippen molar-refractivity contribution in [1.29, 1.82) is 0 Å². The second-order valence-corrected chi connectivity index (χ2v) is 5.29. The first kappa shape index (κ1) is 16.7. The van der Waals surface area contributed by atoms with Gasteiger partial charge in [0, 0.05) is 11.6 Å². The molecule has 0 saturated heterocycles. The zero-order chi connectivity index (χ0) is 15.3. The molecule has 0 amide bonds. The number of hydrogen-bond donors (Lipinski definition) is 2. The van der Waals surface area contributed by atoms with Crippen LogP contribution < -0.4 is 15.2 Å². The lowest BCUT2D eigenvalue weighted by Crippen LogP contribution is -2.27. The Morgan fingerprint density at radius 1 is 1.15 bits per heavy atom. The fourth-order valence-corrected chi connectivity index (χ4v) is 2.02. The number of ether oxygens (including phenoxy) is 2. The molecule has 3 N–H and O–H groups in total. The normalized spacial score (nSPS) is 14.2. The van der Waals surface area contributed by atoms with Crippen LogP contribution in [0.3, 0.4) is 0 Å². The Balaban J connectivity index is 2.94. The summed E-state index contributed by atoms with van der Waals surface area (Å²) in [6, 6.07) is 1.93. The van der Waals surface area contributed by atoms with Crippen molar-refractivity contribution in [2.45, 2.75) is 38.8 Å². The summed E-state index contributed by atoms with van der Waals surface area (Å²) >= 11 is 0. The Labute approximate surface area is 119 Å². The lowest BCUT2D eigenvalue weighted by atomic mass is 9.95. The predicted molar refractivity (Wildman–Crippen MR) is 76.5 cm³/mol. The number of methoxy groups -OCH3 is 2. The molecule has 1 aromatic rings. The third-order valence-corrected chi connectivity index (χ3v) is 3.32. The zero-order valence-corrected chi connectivity index (χ0v) is 12.5. The summed E-state index contributed by atoms with van der Waals surface area (Å²) in [7, 11) is 2.91. The molecule has 0 aliphatic carbocycles. The van der Waals surface area contributed by atoms with E-state index in [2.05, 4.69) is 13.8 Å². The number of aliphatic hydroxyl groups excluding tert-OH is 1. The molecule has 114 valence electrons. The fourth-order valence-electron chi connectivity index (χ4n) is 2.02. The predicted octanol–water partition coefficient (Wildman–Crippen LogP) is 2.64. The molecule has 5 heteroatoms. The van der Waals surface area contributed by atoms with Crippen LogP contribution in [0.5, 0.6) is 11.5 Å². The van der Waals surface area contributed by atoms with Gasteiger partial charge in [-0.05, 0) is 24.8 Å². The highest BCUT2D eigenvalue weighted by Gasteiger charge is 2.22. The molecule has 0 heterocycles. The maximum absolute atomic E-state index is 14.0. The smallest absolute Gasteiger partial charge is 0.163 e. The van der Waals surface area contributed by atoms with Crippen molar-refractivity contribution in [2.24, 2.45) is 11.7 Å². The molecule has 0 saturated carbocycles. The number of hydrogen-bond acceptors (Lipinski definition) is 4. The average Bonchev–Trinajstić information content (AvgIpc) is 2.43. The number of aliphatic hydroxyl groups is 1. The van der Waals surface area contributed by atoms with E-state index in [1.165, 1.54) is 26.4 Å². The summed E-state index contributed by atoms with van der Waals surface area (Å²) in [4.78, 5) is 0. The highest BCUT2D eigenvalue weighted by Crippen LogP contribution is 2.33. The number of benzene rings is 1. The number of rotatable bonds is 7. The van der Waals surface area contributed by atoms with Crippen LogP contribution in [0.1, 0.15) is 38.3 Å². The highest BCUT2D eigenvalue weighted by atomic mass is 19.1. The van der Waals surface area contributed by atoms with E-state index in [4.69, 9.17) is 15.2 Å². The van der Waals surface area contributed by atoms with Gasteiger partial charge in [-0.2, -0.15) is 0 Å². The molecule has 0 aliphatic heterocycles. The molecular formula is C15H24FNO3. The Hall–Kier alpha value is -1.33. The van der Waals surface area contributed by atoms with Crippen LogP contribution >= 0.6 is 0 Å². The van der Waals surface area contributed by atoms with E-state index >= 15 is 0 Å². The van der Waals surface area contributed by atoms with Crippen LogP contribution in [0.25, 0.3) is 0 Å². The third kappa shape index (κ3) is 4.08. The standard InChI is InChI=1S/C15H24FNO3/c1-9(2)5-6-12(18)15(17)10-7-13(19-3)14(20-4)8-11(10)16/h7-9,12,15,18H,5-6,17H2,1-4H3/t12-,15+/m1/s1. The average molecular weight is 285 g/mol. The Bertz CT molecular complexity index is 437. The summed E-state index contributed by atoms with van der Waals surface area (Å²) in [5, 5.41) is 10.1. The van der Waals surface area contributed by atoms with Crippen LogP contribution in [0.2, 0.25) is 0 Å². The quantitative estimate of drug-likeness (QED) is 0.808. The maximum Gasteiger partial charge on any atom is 0.163 e. The van der Waals surface area contributed by atoms with Gasteiger partial charge in [0.2, 0.25) is 0 Å². The topological polar surface area (TPSA) is 64.7 Å². The van der Waals surface area contributed by atoms with Crippen molar-refractivity contribution in [3.05, 3.63) is 23.5 Å². The van der Waals surface area contributed by atoms with Crippen LogP contribution in [-0.4, -0.2) is 25.4 Å². The summed E-state index contributed by atoms with van der Waals surface area (Å²) in [6.07, 6.45) is 0.584. The number of nitrogens with two attached hydrogens (primary N) is 1. The first-order chi connectivity index (χ1) is 9.40. The molecule has 0 fully saturated rings. The second kappa shape index (κ2) is 7.45.